The number of hydrogen-bond acceptors (Lipinski definition) is 6. The molecule has 0 aromatic heterocycles. The van der Waals surface area contributed by atoms with Gasteiger partial charge in [-0.1, -0.05) is 6.08 Å². The van der Waals surface area contributed by atoms with Gasteiger partial charge in [-0.2, -0.15) is 18.4 Å². The monoisotopic (exact) mass is 509 g/mol. The average molecular weight is 510 g/mol. The van der Waals surface area contributed by atoms with Crippen molar-refractivity contribution in [2.75, 3.05) is 25.6 Å². The van der Waals surface area contributed by atoms with Crippen LogP contribution in [0.25, 0.3) is 0 Å². The number of aryl methyl sites for hydroxylation is 1. The summed E-state index contributed by atoms with van der Waals surface area (Å²) in [6.45, 7) is 6.15. The Morgan fingerprint density at radius 3 is 2.31 bits per heavy atom. The molecule has 2 aromatic carbocycles. The van der Waals surface area contributed by atoms with Crippen molar-refractivity contribution >= 4 is 11.8 Å². The van der Waals surface area contributed by atoms with E-state index in [2.05, 4.69) is 0 Å². The van der Waals surface area contributed by atoms with Crippen LogP contribution in [-0.4, -0.2) is 32.0 Å². The number of benzene rings is 2. The van der Waals surface area contributed by atoms with E-state index >= 15 is 0 Å². The molecule has 0 spiro atoms. The Labute approximate surface area is 208 Å². The molecule has 0 amide bonds. The van der Waals surface area contributed by atoms with E-state index in [0.717, 1.165) is 22.6 Å². The molecule has 9 heteroatoms. The number of ether oxygens (including phenoxy) is 4. The summed E-state index contributed by atoms with van der Waals surface area (Å²) >= 11 is 1.63. The van der Waals surface area contributed by atoms with Gasteiger partial charge in [0.1, 0.15) is 11.5 Å². The molecule has 5 nitrogen and oxygen atoms in total. The fourth-order valence-electron chi connectivity index (χ4n) is 3.00. The molecule has 0 heterocycles. The molecule has 35 heavy (non-hydrogen) atoms. The van der Waals surface area contributed by atoms with Crippen molar-refractivity contribution in [3.8, 4) is 17.6 Å². The minimum atomic E-state index is -4.38. The second-order valence-corrected chi connectivity index (χ2v) is 8.62. The number of allylic oxidation sites excluding steroid dienone is 2. The predicted octanol–water partition coefficient (Wildman–Crippen LogP) is 7.01. The normalized spacial score (nSPS) is 12.6. The van der Waals surface area contributed by atoms with Gasteiger partial charge in [-0.25, -0.2) is 0 Å². The van der Waals surface area contributed by atoms with Crippen molar-refractivity contribution < 1.29 is 32.1 Å². The first kappa shape index (κ1) is 28.6. The lowest BCUT2D eigenvalue weighted by atomic mass is 10.1. The highest BCUT2D eigenvalue weighted by Crippen LogP contribution is 2.31. The van der Waals surface area contributed by atoms with Gasteiger partial charge in [0.05, 0.1) is 31.5 Å². The smallest absolute Gasteiger partial charge is 0.416 e. The highest BCUT2D eigenvalue weighted by atomic mass is 32.2. The summed E-state index contributed by atoms with van der Waals surface area (Å²) in [4.78, 5) is 1.03. The van der Waals surface area contributed by atoms with Gasteiger partial charge >= 0.3 is 12.7 Å². The minimum absolute atomic E-state index is 0.0448. The van der Waals surface area contributed by atoms with Gasteiger partial charge < -0.3 is 18.9 Å². The number of hydrogen-bond donors (Lipinski definition) is 0. The third kappa shape index (κ3) is 10.2. The first-order valence-corrected chi connectivity index (χ1v) is 12.2. The number of nitrogens with zero attached hydrogens (tertiary/aromatic N) is 1. The quantitative estimate of drug-likeness (QED) is 0.155. The highest BCUT2D eigenvalue weighted by Gasteiger charge is 2.30. The van der Waals surface area contributed by atoms with Crippen molar-refractivity contribution in [3.63, 3.8) is 0 Å². The van der Waals surface area contributed by atoms with Crippen LogP contribution in [0, 0.1) is 24.2 Å². The molecule has 0 fully saturated rings. The lowest BCUT2D eigenvalue weighted by molar-refractivity contribution is -0.242. The Morgan fingerprint density at radius 2 is 1.74 bits per heavy atom. The van der Waals surface area contributed by atoms with E-state index in [0.29, 0.717) is 43.5 Å². The molecule has 0 aliphatic heterocycles. The zero-order valence-electron chi connectivity index (χ0n) is 20.0. The molecular weight excluding hydrogens is 479 g/mol. The number of nitriles is 1. The van der Waals surface area contributed by atoms with Crippen LogP contribution in [0.3, 0.4) is 0 Å². The van der Waals surface area contributed by atoms with Crippen molar-refractivity contribution in [2.45, 2.75) is 44.7 Å². The third-order valence-corrected chi connectivity index (χ3v) is 6.02. The number of alkyl halides is 3. The highest BCUT2D eigenvalue weighted by molar-refractivity contribution is 7.99. The Balaban J connectivity index is 1.98. The Kier molecular flexibility index (Phi) is 12.0. The fraction of sp³-hybridized carbons (Fsp3) is 0.423. The summed E-state index contributed by atoms with van der Waals surface area (Å²) in [5.41, 5.74) is 0.215. The van der Waals surface area contributed by atoms with Crippen molar-refractivity contribution in [1.29, 1.82) is 5.26 Å². The number of halogens is 3. The number of thioether (sulfide) groups is 1. The molecule has 0 aliphatic rings. The molecular formula is C26H30F3NO4S. The van der Waals surface area contributed by atoms with Crippen LogP contribution in [-0.2, 0) is 15.7 Å². The Morgan fingerprint density at radius 1 is 1.06 bits per heavy atom. The number of rotatable bonds is 14. The Bertz CT molecular complexity index is 968. The van der Waals surface area contributed by atoms with Crippen molar-refractivity contribution in [2.24, 2.45) is 5.92 Å². The van der Waals surface area contributed by atoms with Gasteiger partial charge in [-0.3, -0.25) is 0 Å². The van der Waals surface area contributed by atoms with Gasteiger partial charge in [0.2, 0.25) is 0 Å². The summed E-state index contributed by atoms with van der Waals surface area (Å²) < 4.78 is 60.7. The molecule has 2 aromatic rings. The van der Waals surface area contributed by atoms with Crippen LogP contribution in [0.4, 0.5) is 13.2 Å². The molecule has 0 bridgehead atoms. The van der Waals surface area contributed by atoms with Crippen LogP contribution in [0.15, 0.2) is 59.5 Å². The molecule has 0 N–H and O–H groups in total. The first-order chi connectivity index (χ1) is 16.8. The molecule has 0 saturated heterocycles. The van der Waals surface area contributed by atoms with E-state index in [4.69, 9.17) is 24.2 Å². The van der Waals surface area contributed by atoms with Crippen LogP contribution >= 0.6 is 11.8 Å². The largest absolute Gasteiger partial charge is 0.493 e. The fourth-order valence-corrected chi connectivity index (χ4v) is 4.09. The maximum Gasteiger partial charge on any atom is 0.416 e. The van der Waals surface area contributed by atoms with E-state index in [1.807, 2.05) is 45.0 Å². The summed E-state index contributed by atoms with van der Waals surface area (Å²) in [6.07, 6.45) is -0.596. The molecule has 1 unspecified atom stereocenters. The summed E-state index contributed by atoms with van der Waals surface area (Å²) in [6, 6.07) is 12.4. The predicted molar refractivity (Wildman–Crippen MR) is 129 cm³/mol. The van der Waals surface area contributed by atoms with Crippen LogP contribution in [0.1, 0.15) is 31.4 Å². The maximum atomic E-state index is 12.8. The van der Waals surface area contributed by atoms with Gasteiger partial charge in [0, 0.05) is 22.6 Å². The second-order valence-electron chi connectivity index (χ2n) is 7.52. The average Bonchev–Trinajstić information content (AvgIpc) is 2.82. The van der Waals surface area contributed by atoms with Crippen molar-refractivity contribution in [1.82, 2.24) is 0 Å². The summed E-state index contributed by atoms with van der Waals surface area (Å²) in [7, 11) is 0. The molecule has 1 atom stereocenters. The molecule has 0 saturated carbocycles. The zero-order valence-corrected chi connectivity index (χ0v) is 20.8. The standard InChI is InChI=1S/C26H30F3NO4S/c1-4-31-25(32-5-2)34-24-14-13-23(16-19(24)3)35-18-20(8-6-7-15-30)17-33-22-11-9-21(10-12-22)26(27,28)29/h6-7,9-14,16,20,25H,4-5,8,17-18H2,1-3H3/b7-6-. The zero-order chi connectivity index (χ0) is 25.7. The second kappa shape index (κ2) is 14.7. The van der Waals surface area contributed by atoms with Gasteiger partial charge in [-0.15, -0.1) is 11.8 Å². The summed E-state index contributed by atoms with van der Waals surface area (Å²) in [5.74, 6) is 1.77. The van der Waals surface area contributed by atoms with E-state index in [9.17, 15) is 13.2 Å². The third-order valence-electron chi connectivity index (χ3n) is 4.79. The van der Waals surface area contributed by atoms with E-state index < -0.39 is 18.2 Å². The minimum Gasteiger partial charge on any atom is -0.493 e. The van der Waals surface area contributed by atoms with Gasteiger partial charge in [-0.05, 0) is 75.2 Å². The maximum absolute atomic E-state index is 12.8. The van der Waals surface area contributed by atoms with E-state index in [1.165, 1.54) is 18.2 Å². The van der Waals surface area contributed by atoms with Crippen LogP contribution in [0.5, 0.6) is 11.5 Å². The molecule has 0 radical (unpaired) electrons. The van der Waals surface area contributed by atoms with Gasteiger partial charge in [0.25, 0.3) is 0 Å². The lowest BCUT2D eigenvalue weighted by Gasteiger charge is -2.20. The van der Waals surface area contributed by atoms with Crippen LogP contribution < -0.4 is 9.47 Å². The summed E-state index contributed by atoms with van der Waals surface area (Å²) in [5, 5.41) is 8.78. The van der Waals surface area contributed by atoms with Crippen molar-refractivity contribution in [3.05, 3.63) is 65.7 Å². The topological polar surface area (TPSA) is 60.7 Å². The van der Waals surface area contributed by atoms with Gasteiger partial charge in [0.15, 0.2) is 0 Å². The molecule has 0 aliphatic carbocycles. The molecule has 2 rings (SSSR count). The van der Waals surface area contributed by atoms with E-state index in [-0.39, 0.29) is 5.92 Å². The SMILES string of the molecule is CCOC(OCC)Oc1ccc(SCC(C/C=C\C#N)COc2ccc(C(F)(F)F)cc2)cc1C. The Hall–Kier alpha value is -2.67. The first-order valence-electron chi connectivity index (χ1n) is 11.2. The molecule has 190 valence electrons. The lowest BCUT2D eigenvalue weighted by Crippen LogP contribution is -2.24. The van der Waals surface area contributed by atoms with Crippen LogP contribution in [0.2, 0.25) is 0 Å². The van der Waals surface area contributed by atoms with E-state index in [1.54, 1.807) is 17.8 Å².